The predicted octanol–water partition coefficient (Wildman–Crippen LogP) is 34.9. The Morgan fingerprint density at radius 3 is 0.694 bits per heavy atom. The third-order valence-electron chi connectivity index (χ3n) is 19.5. The van der Waals surface area contributed by atoms with Crippen molar-refractivity contribution in [2.45, 2.75) is 311 Å². The average Bonchev–Trinajstić information content (AvgIpc) is 1.67. The van der Waals surface area contributed by atoms with E-state index in [1.807, 2.05) is 198 Å². The van der Waals surface area contributed by atoms with Crippen molar-refractivity contribution in [3.8, 4) is 0 Å². The van der Waals surface area contributed by atoms with Crippen LogP contribution in [0.2, 0.25) is 0 Å². The molecule has 0 fully saturated rings. The molecule has 0 bridgehead atoms. The number of thiophene rings is 9. The van der Waals surface area contributed by atoms with E-state index in [1.54, 1.807) is 102 Å². The van der Waals surface area contributed by atoms with E-state index in [4.69, 9.17) is 0 Å². The van der Waals surface area contributed by atoms with Crippen LogP contribution in [-0.4, -0.2) is 52.1 Å². The van der Waals surface area contributed by atoms with Crippen molar-refractivity contribution in [1.29, 1.82) is 0 Å². The quantitative estimate of drug-likeness (QED) is 0.0240. The minimum atomic E-state index is -0.739. The van der Waals surface area contributed by atoms with Crippen LogP contribution in [0, 0.1) is 0 Å². The monoisotopic (exact) mass is 2340 g/mol. The predicted molar refractivity (Wildman–Crippen MR) is 533 cm³/mol. The molecule has 0 amide bonds. The van der Waals surface area contributed by atoms with Crippen molar-refractivity contribution in [2.24, 2.45) is 0 Å². The molecule has 0 aliphatic heterocycles. The van der Waals surface area contributed by atoms with Gasteiger partial charge in [-0.2, -0.15) is 11.3 Å². The number of aliphatic hydroxyl groups is 8. The van der Waals surface area contributed by atoms with Gasteiger partial charge < -0.3 is 40.9 Å². The Morgan fingerprint density at radius 2 is 0.523 bits per heavy atom. The fourth-order valence-corrected chi connectivity index (χ4v) is 23.2. The third kappa shape index (κ3) is 45.1. The van der Waals surface area contributed by atoms with Gasteiger partial charge in [-0.25, -0.2) is 0 Å². The molecule has 0 atom stereocenters. The van der Waals surface area contributed by atoms with Gasteiger partial charge in [0, 0.05) is 63.9 Å². The first-order chi connectivity index (χ1) is 52.2. The molecule has 0 aromatic carbocycles. The maximum atomic E-state index is 10.5. The first kappa shape index (κ1) is 115. The van der Waals surface area contributed by atoms with Gasteiger partial charge >= 0.3 is 0 Å². The van der Waals surface area contributed by atoms with Gasteiger partial charge in [0.1, 0.15) is 0 Å². The summed E-state index contributed by atoms with van der Waals surface area (Å²) in [6.07, 6.45) is 19.2. The minimum Gasteiger partial charge on any atom is -0.390 e. The highest BCUT2D eigenvalue weighted by Gasteiger charge is 2.33. The lowest BCUT2D eigenvalue weighted by Gasteiger charge is -2.25. The molecule has 0 unspecified atom stereocenters. The summed E-state index contributed by atoms with van der Waals surface area (Å²) in [7, 11) is 0. The van der Waals surface area contributed by atoms with Crippen LogP contribution in [0.25, 0.3) is 0 Å². The van der Waals surface area contributed by atoms with Gasteiger partial charge in [-0.05, 0) is 373 Å². The highest BCUT2D eigenvalue weighted by Crippen LogP contribution is 2.41. The molecule has 111 heavy (non-hydrogen) atoms. The van der Waals surface area contributed by atoms with E-state index in [2.05, 4.69) is 201 Å². The van der Waals surface area contributed by atoms with Crippen molar-refractivity contribution < 1.29 is 40.9 Å². The SMILES string of the molecule is Brc1cccs1.Brc1ccsc1.Brc1csc(Br)c1.Brc1csc(Br)c1.CCC(O)(CC)c1cc(Br)cs1.CCC(O)(CC)c1cc(Br)cs1.CCC(O)(CC)c1csc(Br)c1.CCC(O)(CC)c1csc(Br)c1.CCC(O)(CC)c1csc(C(O)(CC)CC)c1.CCCCC(O)(CC)CC.CCCCC(O)(CC)CC. The first-order valence-corrected chi connectivity index (χ1v) is 54.1. The van der Waals surface area contributed by atoms with Gasteiger partial charge in [-0.1, -0.05) is 156 Å². The Kier molecular flexibility index (Phi) is 64.1. The molecule has 0 radical (unpaired) electrons. The fraction of sp³-hybridized carbons (Fsp3) is 0.571. The standard InChI is InChI=1S/C14H24O2S.4C9H13BrOS.2C9H20O.2C4H2Br2S.2C4H3BrS/c1-5-13(15,6-2)11-9-12(17-10-11)14(16,7-3)8-4;2*1-3-9(11,4-2)8-5-7(10)6-12-8;2*1-3-9(11,4-2)7-5-8(10)12-6-7;2*1-4-7-8-9(10,5-2)6-3;2*5-3-1-4(6)7-2-3;5-4-1-2-6-3-4;5-4-2-1-3-6-4/h9-10,15-16H,5-8H2,1-4H3;4*5-6,11H,3-4H2,1-2H3;2*10H,4-8H2,1-3H3;2*1-2H;2*1-3H. The Labute approximate surface area is 789 Å². The van der Waals surface area contributed by atoms with Crippen molar-refractivity contribution in [3.05, 3.63) is 187 Å². The zero-order valence-corrected chi connectivity index (χ0v) is 91.3. The number of hydrogen-bond acceptors (Lipinski definition) is 17. The lowest BCUT2D eigenvalue weighted by molar-refractivity contribution is 0.0212. The molecular weight excluding hydrogens is 2220 g/mol. The van der Waals surface area contributed by atoms with Gasteiger partial charge in [-0.15, -0.1) is 90.7 Å². The molecule has 0 saturated carbocycles. The molecule has 634 valence electrons. The van der Waals surface area contributed by atoms with Crippen LogP contribution in [0.5, 0.6) is 0 Å². The van der Waals surface area contributed by atoms with Crippen LogP contribution in [0.4, 0.5) is 0 Å². The molecule has 9 rings (SSSR count). The van der Waals surface area contributed by atoms with Gasteiger partial charge in [0.25, 0.3) is 0 Å². The van der Waals surface area contributed by atoms with E-state index in [-0.39, 0.29) is 11.2 Å². The molecule has 9 heterocycles. The second-order valence-electron chi connectivity index (χ2n) is 26.2. The Bertz CT molecular complexity index is 3280. The normalized spacial score (nSPS) is 11.5. The van der Waals surface area contributed by atoms with Crippen molar-refractivity contribution >= 4 is 261 Å². The lowest BCUT2D eigenvalue weighted by atomic mass is 9.88. The molecule has 0 aliphatic rings. The van der Waals surface area contributed by atoms with E-state index >= 15 is 0 Å². The van der Waals surface area contributed by atoms with Crippen LogP contribution in [0.15, 0.2) is 156 Å². The van der Waals surface area contributed by atoms with E-state index in [9.17, 15) is 40.9 Å². The van der Waals surface area contributed by atoms with Gasteiger partial charge in [-0.3, -0.25) is 0 Å². The number of halogens is 10. The van der Waals surface area contributed by atoms with Crippen molar-refractivity contribution in [2.75, 3.05) is 0 Å². The average molecular weight is 2350 g/mol. The maximum Gasteiger partial charge on any atom is 0.0983 e. The molecule has 0 aliphatic carbocycles. The maximum absolute atomic E-state index is 10.5. The highest BCUT2D eigenvalue weighted by atomic mass is 79.9. The summed E-state index contributed by atoms with van der Waals surface area (Å²) >= 11 is 48.1. The molecule has 8 N–H and O–H groups in total. The van der Waals surface area contributed by atoms with Gasteiger partial charge in [0.2, 0.25) is 0 Å². The number of hydrogen-bond donors (Lipinski definition) is 8. The van der Waals surface area contributed by atoms with E-state index in [1.165, 1.54) is 28.7 Å². The third-order valence-corrected chi connectivity index (χ3v) is 34.9. The fourth-order valence-electron chi connectivity index (χ4n) is 10.1. The molecule has 8 nitrogen and oxygen atoms in total. The van der Waals surface area contributed by atoms with Crippen molar-refractivity contribution in [3.63, 3.8) is 0 Å². The highest BCUT2D eigenvalue weighted by molar-refractivity contribution is 9.12. The Balaban J connectivity index is 0. The Hall–Kier alpha value is 1.78. The number of unbranched alkanes of at least 4 members (excludes halogenated alkanes) is 2. The summed E-state index contributed by atoms with van der Waals surface area (Å²) in [5.41, 5.74) is -1.66. The summed E-state index contributed by atoms with van der Waals surface area (Å²) < 4.78 is 11.3. The topological polar surface area (TPSA) is 162 Å². The zero-order valence-electron chi connectivity index (χ0n) is 68.1. The summed E-state index contributed by atoms with van der Waals surface area (Å²) in [6.45, 7) is 36.6. The van der Waals surface area contributed by atoms with Crippen LogP contribution in [-0.2, 0) is 33.6 Å². The van der Waals surface area contributed by atoms with Crippen molar-refractivity contribution in [1.82, 2.24) is 0 Å². The van der Waals surface area contributed by atoms with Gasteiger partial charge in [0.05, 0.1) is 63.7 Å². The molecular formula is C84H126Br10O8S9. The summed E-state index contributed by atoms with van der Waals surface area (Å²) in [4.78, 5) is 3.08. The minimum absolute atomic E-state index is 0.365. The van der Waals surface area contributed by atoms with Crippen LogP contribution < -0.4 is 0 Å². The first-order valence-electron chi connectivity index (χ1n) is 38.2. The second-order valence-corrected chi connectivity index (χ2v) is 45.8. The summed E-state index contributed by atoms with van der Waals surface area (Å²) in [6, 6.07) is 20.1. The van der Waals surface area contributed by atoms with Crippen LogP contribution in [0.3, 0.4) is 0 Å². The summed E-state index contributed by atoms with van der Waals surface area (Å²) in [5.74, 6) is 0. The summed E-state index contributed by atoms with van der Waals surface area (Å²) in [5, 5.41) is 101. The van der Waals surface area contributed by atoms with E-state index < -0.39 is 33.6 Å². The van der Waals surface area contributed by atoms with Crippen LogP contribution in [0.1, 0.15) is 297 Å². The smallest absolute Gasteiger partial charge is 0.0983 e. The zero-order chi connectivity index (χ0) is 85.3. The molecule has 9 aromatic heterocycles. The molecule has 9 aromatic rings. The molecule has 0 spiro atoms. The number of rotatable bonds is 28. The van der Waals surface area contributed by atoms with E-state index in [0.717, 1.165) is 160 Å². The molecule has 27 heteroatoms. The van der Waals surface area contributed by atoms with E-state index in [0.29, 0.717) is 25.7 Å². The largest absolute Gasteiger partial charge is 0.390 e. The Morgan fingerprint density at radius 1 is 0.252 bits per heavy atom. The van der Waals surface area contributed by atoms with Crippen LogP contribution >= 0.6 is 261 Å². The lowest BCUT2D eigenvalue weighted by Crippen LogP contribution is -2.25. The second kappa shape index (κ2) is 62.0. The van der Waals surface area contributed by atoms with Gasteiger partial charge in [0.15, 0.2) is 0 Å². The molecule has 0 saturated heterocycles.